The third-order valence-corrected chi connectivity index (χ3v) is 14.1. The van der Waals surface area contributed by atoms with E-state index in [9.17, 15) is 0 Å². The average molecular weight is 880 g/mol. The van der Waals surface area contributed by atoms with Crippen LogP contribution in [-0.4, -0.2) is 24.1 Å². The molecule has 0 saturated heterocycles. The van der Waals surface area contributed by atoms with Crippen molar-refractivity contribution in [2.75, 3.05) is 0 Å². The molecule has 0 spiro atoms. The van der Waals surface area contributed by atoms with Crippen molar-refractivity contribution in [2.45, 2.75) is 0 Å². The summed E-state index contributed by atoms with van der Waals surface area (Å²) in [4.78, 5) is 16.5. The fourth-order valence-electron chi connectivity index (χ4n) is 10.9. The second-order valence-electron chi connectivity index (χ2n) is 18.0. The smallest absolute Gasteiger partial charge is 0.166 e. The highest BCUT2D eigenvalue weighted by atomic mass is 16.3. The number of hydrogen-bond donors (Lipinski definition) is 0. The van der Waals surface area contributed by atoms with Crippen molar-refractivity contribution in [3.05, 3.63) is 224 Å². The Kier molecular flexibility index (Phi) is 7.97. The highest BCUT2D eigenvalue weighted by molar-refractivity contribution is 6.16. The van der Waals surface area contributed by atoms with Crippen molar-refractivity contribution >= 4 is 97.9 Å². The maximum atomic E-state index is 6.86. The molecule has 0 radical (unpaired) electrons. The Bertz CT molecular complexity index is 4610. The molecular weight excluding hydrogens is 843 g/mol. The van der Waals surface area contributed by atoms with E-state index in [1.165, 1.54) is 10.8 Å². The van der Waals surface area contributed by atoms with Gasteiger partial charge in [0.15, 0.2) is 17.5 Å². The summed E-state index contributed by atoms with van der Waals surface area (Å²) < 4.78 is 11.6. The highest BCUT2D eigenvalue weighted by Crippen LogP contribution is 2.43. The van der Waals surface area contributed by atoms with Crippen LogP contribution in [0.25, 0.3) is 143 Å². The van der Waals surface area contributed by atoms with Crippen LogP contribution in [0.4, 0.5) is 0 Å². The van der Waals surface area contributed by atoms with Gasteiger partial charge in [-0.25, -0.2) is 15.0 Å². The Balaban J connectivity index is 1.06. The number of nitrogens with zero attached hydrogens (tertiary/aromatic N) is 5. The SMILES string of the molecule is c1ccc(-n2c3ccccc3c3cc(-c4nc(-c5cc6c(cc5-n5c7ccccc7c7cc8ccccc8cc75)oc5cc7ccccc7cc56)nc(-c5cccc6ccccc56)n4)ccc32)cc1. The summed E-state index contributed by atoms with van der Waals surface area (Å²) in [5, 5.41) is 13.5. The van der Waals surface area contributed by atoms with Gasteiger partial charge in [-0.2, -0.15) is 0 Å². The first-order valence-corrected chi connectivity index (χ1v) is 23.3. The van der Waals surface area contributed by atoms with E-state index in [-0.39, 0.29) is 0 Å². The van der Waals surface area contributed by atoms with Gasteiger partial charge >= 0.3 is 0 Å². The number of benzene rings is 11. The van der Waals surface area contributed by atoms with Crippen LogP contribution in [0.2, 0.25) is 0 Å². The van der Waals surface area contributed by atoms with Gasteiger partial charge in [0.25, 0.3) is 0 Å². The van der Waals surface area contributed by atoms with Crippen molar-refractivity contribution in [3.63, 3.8) is 0 Å². The highest BCUT2D eigenvalue weighted by Gasteiger charge is 2.24. The molecule has 4 aromatic heterocycles. The first-order valence-electron chi connectivity index (χ1n) is 23.3. The van der Waals surface area contributed by atoms with Crippen LogP contribution in [0.1, 0.15) is 0 Å². The van der Waals surface area contributed by atoms with E-state index in [4.69, 9.17) is 19.4 Å². The van der Waals surface area contributed by atoms with Gasteiger partial charge in [-0.1, -0.05) is 146 Å². The molecule has 0 atom stereocenters. The summed E-state index contributed by atoms with van der Waals surface area (Å²) in [6.45, 7) is 0. The lowest BCUT2D eigenvalue weighted by molar-refractivity contribution is 0.669. The second kappa shape index (κ2) is 14.6. The number of fused-ring (bicyclic) bond motifs is 12. The van der Waals surface area contributed by atoms with E-state index in [1.807, 2.05) is 0 Å². The molecule has 69 heavy (non-hydrogen) atoms. The molecule has 0 amide bonds. The molecule has 0 aliphatic heterocycles. The Morgan fingerprint density at radius 2 is 0.812 bits per heavy atom. The summed E-state index contributed by atoms with van der Waals surface area (Å²) in [5.74, 6) is 1.75. The molecule has 0 aliphatic rings. The summed E-state index contributed by atoms with van der Waals surface area (Å²) in [6, 6.07) is 79.8. The van der Waals surface area contributed by atoms with Crippen LogP contribution in [0.15, 0.2) is 229 Å². The lowest BCUT2D eigenvalue weighted by atomic mass is 10.0. The molecule has 15 rings (SSSR count). The van der Waals surface area contributed by atoms with E-state index in [2.05, 4.69) is 234 Å². The predicted molar refractivity (Wildman–Crippen MR) is 285 cm³/mol. The third-order valence-electron chi connectivity index (χ3n) is 14.1. The van der Waals surface area contributed by atoms with E-state index in [0.717, 1.165) is 115 Å². The minimum Gasteiger partial charge on any atom is -0.456 e. The molecule has 0 aliphatic carbocycles. The van der Waals surface area contributed by atoms with Gasteiger partial charge in [0.1, 0.15) is 11.2 Å². The van der Waals surface area contributed by atoms with Crippen LogP contribution in [0.3, 0.4) is 0 Å². The van der Waals surface area contributed by atoms with E-state index < -0.39 is 0 Å². The molecule has 0 saturated carbocycles. The van der Waals surface area contributed by atoms with Crippen molar-refractivity contribution in [3.8, 4) is 45.5 Å². The van der Waals surface area contributed by atoms with Crippen LogP contribution in [0, 0.1) is 0 Å². The second-order valence-corrected chi connectivity index (χ2v) is 18.0. The quantitative estimate of drug-likeness (QED) is 0.173. The zero-order chi connectivity index (χ0) is 45.2. The van der Waals surface area contributed by atoms with Crippen molar-refractivity contribution in [2.24, 2.45) is 0 Å². The van der Waals surface area contributed by atoms with E-state index in [0.29, 0.717) is 17.5 Å². The Labute approximate surface area is 394 Å². The van der Waals surface area contributed by atoms with Gasteiger partial charge in [-0.15, -0.1) is 0 Å². The zero-order valence-electron chi connectivity index (χ0n) is 37.0. The number of para-hydroxylation sites is 3. The van der Waals surface area contributed by atoms with Crippen molar-refractivity contribution in [1.82, 2.24) is 24.1 Å². The molecule has 6 heteroatoms. The molecule has 6 nitrogen and oxygen atoms in total. The van der Waals surface area contributed by atoms with Crippen LogP contribution in [0.5, 0.6) is 0 Å². The summed E-state index contributed by atoms with van der Waals surface area (Å²) in [6.07, 6.45) is 0. The van der Waals surface area contributed by atoms with Crippen molar-refractivity contribution in [1.29, 1.82) is 0 Å². The van der Waals surface area contributed by atoms with Crippen LogP contribution < -0.4 is 0 Å². The standard InChI is InChI=1S/C63H37N5O/c1-2-21-44(22-3-1)67-54-27-12-10-24-46(54)49-33-43(29-30-56(49)67)61-64-62(48-26-14-20-38-15-8-9-23-45(38)48)66-63(65-61)53-36-52-51-32-40-17-5-7-19-42(40)35-59(51)69-60(52)37-58(53)68-55-28-13-11-25-47(55)50-31-39-16-4-6-18-41(39)34-57(50)68/h1-37H. The third kappa shape index (κ3) is 5.76. The normalized spacial score (nSPS) is 12.1. The topological polar surface area (TPSA) is 61.7 Å². The Morgan fingerprint density at radius 3 is 1.57 bits per heavy atom. The van der Waals surface area contributed by atoms with Gasteiger partial charge in [0.05, 0.1) is 27.8 Å². The molecule has 0 fully saturated rings. The van der Waals surface area contributed by atoms with Gasteiger partial charge in [0, 0.05) is 60.8 Å². The fraction of sp³-hybridized carbons (Fsp3) is 0. The molecule has 0 unspecified atom stereocenters. The Morgan fingerprint density at radius 1 is 0.290 bits per heavy atom. The Hall–Kier alpha value is -9.39. The van der Waals surface area contributed by atoms with Gasteiger partial charge in [-0.05, 0) is 105 Å². The monoisotopic (exact) mass is 879 g/mol. The first kappa shape index (κ1) is 37.8. The van der Waals surface area contributed by atoms with Gasteiger partial charge in [0.2, 0.25) is 0 Å². The van der Waals surface area contributed by atoms with Crippen LogP contribution >= 0.6 is 0 Å². The van der Waals surface area contributed by atoms with Crippen molar-refractivity contribution < 1.29 is 4.42 Å². The minimum atomic E-state index is 0.563. The maximum Gasteiger partial charge on any atom is 0.166 e. The average Bonchev–Trinajstić information content (AvgIpc) is 4.05. The lowest BCUT2D eigenvalue weighted by Crippen LogP contribution is -2.04. The minimum absolute atomic E-state index is 0.563. The number of hydrogen-bond acceptors (Lipinski definition) is 4. The largest absolute Gasteiger partial charge is 0.456 e. The maximum absolute atomic E-state index is 6.86. The fourth-order valence-corrected chi connectivity index (χ4v) is 10.9. The number of rotatable bonds is 5. The summed E-state index contributed by atoms with van der Waals surface area (Å²) in [7, 11) is 0. The zero-order valence-corrected chi connectivity index (χ0v) is 37.0. The van der Waals surface area contributed by atoms with Crippen LogP contribution in [-0.2, 0) is 0 Å². The molecule has 11 aromatic carbocycles. The first-order chi connectivity index (χ1) is 34.2. The molecule has 4 heterocycles. The van der Waals surface area contributed by atoms with E-state index in [1.54, 1.807) is 0 Å². The molecule has 320 valence electrons. The summed E-state index contributed by atoms with van der Waals surface area (Å²) in [5.41, 5.74) is 10.7. The van der Waals surface area contributed by atoms with E-state index >= 15 is 0 Å². The number of furan rings is 1. The predicted octanol–water partition coefficient (Wildman–Crippen LogP) is 16.4. The molecule has 15 aromatic rings. The van der Waals surface area contributed by atoms with Gasteiger partial charge < -0.3 is 13.6 Å². The molecule has 0 bridgehead atoms. The summed E-state index contributed by atoms with van der Waals surface area (Å²) >= 11 is 0. The molecule has 0 N–H and O–H groups in total. The lowest BCUT2D eigenvalue weighted by Gasteiger charge is -2.16. The van der Waals surface area contributed by atoms with Gasteiger partial charge in [-0.3, -0.25) is 0 Å². The number of aromatic nitrogens is 5. The molecular formula is C63H37N5O.